The number of nitrogen functional groups attached to an aromatic ring is 1. The van der Waals surface area contributed by atoms with E-state index in [1.807, 2.05) is 7.05 Å². The van der Waals surface area contributed by atoms with E-state index in [4.69, 9.17) is 5.73 Å². The molecule has 0 amide bonds. The number of hydrogen-bond donors (Lipinski definition) is 1. The summed E-state index contributed by atoms with van der Waals surface area (Å²) >= 11 is 0. The van der Waals surface area contributed by atoms with Gasteiger partial charge in [-0.2, -0.15) is 10.1 Å². The first-order valence-corrected chi connectivity index (χ1v) is 5.43. The Labute approximate surface area is 91.9 Å². The third-order valence-corrected chi connectivity index (χ3v) is 2.33. The molecule has 0 bridgehead atoms. The van der Waals surface area contributed by atoms with Gasteiger partial charge in [0.15, 0.2) is 5.82 Å². The van der Waals surface area contributed by atoms with Gasteiger partial charge < -0.3 is 5.73 Å². The molecular weight excluding hydrogens is 188 g/mol. The van der Waals surface area contributed by atoms with Crippen LogP contribution in [0.4, 0.5) is 5.95 Å². The monoisotopic (exact) mass is 210 g/mol. The number of nitrogens with two attached hydrogens (primary N) is 1. The Kier molecular flexibility index (Phi) is 3.37. The van der Waals surface area contributed by atoms with Crippen LogP contribution >= 0.6 is 0 Å². The normalized spacial score (nSPS) is 14.2. The molecule has 1 unspecified atom stereocenters. The van der Waals surface area contributed by atoms with Crippen molar-refractivity contribution in [3.63, 3.8) is 0 Å². The number of nitrogens with zero attached hydrogens (tertiary/aromatic N) is 3. The summed E-state index contributed by atoms with van der Waals surface area (Å²) in [6.45, 7) is 8.99. The molecule has 86 valence electrons. The van der Waals surface area contributed by atoms with Gasteiger partial charge in [-0.3, -0.25) is 0 Å². The molecule has 1 rings (SSSR count). The lowest BCUT2D eigenvalue weighted by molar-refractivity contribution is 0.303. The van der Waals surface area contributed by atoms with Gasteiger partial charge in [0.1, 0.15) is 0 Å². The molecule has 0 fully saturated rings. The van der Waals surface area contributed by atoms with Crippen molar-refractivity contribution in [2.24, 2.45) is 18.4 Å². The summed E-state index contributed by atoms with van der Waals surface area (Å²) in [6, 6.07) is 0. The number of aryl methyl sites for hydroxylation is 1. The van der Waals surface area contributed by atoms with Crippen LogP contribution in [-0.2, 0) is 13.5 Å². The number of hydrogen-bond acceptors (Lipinski definition) is 3. The minimum Gasteiger partial charge on any atom is -0.368 e. The Hall–Kier alpha value is -1.06. The summed E-state index contributed by atoms with van der Waals surface area (Å²) in [7, 11) is 1.82. The molecule has 4 nitrogen and oxygen atoms in total. The molecule has 2 N–H and O–H groups in total. The van der Waals surface area contributed by atoms with Crippen LogP contribution in [0.15, 0.2) is 0 Å². The van der Waals surface area contributed by atoms with Crippen LogP contribution in [-0.4, -0.2) is 14.8 Å². The van der Waals surface area contributed by atoms with Crippen molar-refractivity contribution in [2.75, 3.05) is 5.73 Å². The topological polar surface area (TPSA) is 56.7 Å². The van der Waals surface area contributed by atoms with Crippen molar-refractivity contribution in [3.05, 3.63) is 5.82 Å². The van der Waals surface area contributed by atoms with Gasteiger partial charge in [-0.25, -0.2) is 4.68 Å². The maximum Gasteiger partial charge on any atom is 0.218 e. The van der Waals surface area contributed by atoms with Crippen LogP contribution in [0.3, 0.4) is 0 Å². The van der Waals surface area contributed by atoms with Gasteiger partial charge in [-0.05, 0) is 17.8 Å². The molecule has 1 atom stereocenters. The molecule has 1 aromatic heterocycles. The Bertz CT molecular complexity index is 302. The van der Waals surface area contributed by atoms with E-state index in [0.717, 1.165) is 12.2 Å². The highest BCUT2D eigenvalue weighted by molar-refractivity contribution is 5.15. The minimum absolute atomic E-state index is 0.361. The molecule has 0 aromatic carbocycles. The number of aromatic nitrogens is 3. The maximum absolute atomic E-state index is 5.63. The first kappa shape index (κ1) is 12.0. The average molecular weight is 210 g/mol. The fourth-order valence-electron chi connectivity index (χ4n) is 1.97. The molecule has 0 saturated carbocycles. The predicted molar refractivity (Wildman–Crippen MR) is 62.4 cm³/mol. The van der Waals surface area contributed by atoms with Crippen LogP contribution in [0.25, 0.3) is 0 Å². The van der Waals surface area contributed by atoms with Crippen LogP contribution in [0.5, 0.6) is 0 Å². The van der Waals surface area contributed by atoms with Crippen LogP contribution in [0.1, 0.15) is 39.9 Å². The first-order chi connectivity index (χ1) is 6.78. The van der Waals surface area contributed by atoms with Crippen molar-refractivity contribution in [2.45, 2.75) is 40.5 Å². The van der Waals surface area contributed by atoms with E-state index in [1.165, 1.54) is 6.42 Å². The number of rotatable bonds is 3. The zero-order valence-electron chi connectivity index (χ0n) is 10.4. The Morgan fingerprint density at radius 1 is 1.40 bits per heavy atom. The fraction of sp³-hybridized carbons (Fsp3) is 0.818. The molecular formula is C11H22N4. The fourth-order valence-corrected chi connectivity index (χ4v) is 1.97. The van der Waals surface area contributed by atoms with Crippen molar-refractivity contribution >= 4 is 5.95 Å². The van der Waals surface area contributed by atoms with E-state index in [9.17, 15) is 0 Å². The van der Waals surface area contributed by atoms with E-state index in [0.29, 0.717) is 17.3 Å². The molecule has 0 spiro atoms. The lowest BCUT2D eigenvalue weighted by atomic mass is 9.84. The van der Waals surface area contributed by atoms with Crippen LogP contribution < -0.4 is 5.73 Å². The second kappa shape index (κ2) is 4.21. The smallest absolute Gasteiger partial charge is 0.218 e. The molecule has 0 aliphatic heterocycles. The predicted octanol–water partition coefficient (Wildman–Crippen LogP) is 2.01. The molecule has 15 heavy (non-hydrogen) atoms. The quantitative estimate of drug-likeness (QED) is 0.830. The van der Waals surface area contributed by atoms with Crippen LogP contribution in [0.2, 0.25) is 0 Å². The summed E-state index contributed by atoms with van der Waals surface area (Å²) in [6.07, 6.45) is 2.08. The van der Waals surface area contributed by atoms with Gasteiger partial charge in [0.25, 0.3) is 0 Å². The van der Waals surface area contributed by atoms with E-state index in [1.54, 1.807) is 4.68 Å². The second-order valence-corrected chi connectivity index (χ2v) is 5.58. The van der Waals surface area contributed by atoms with E-state index in [2.05, 4.69) is 37.8 Å². The summed E-state index contributed by atoms with van der Waals surface area (Å²) in [5.74, 6) is 1.94. The largest absolute Gasteiger partial charge is 0.368 e. The molecule has 0 saturated heterocycles. The van der Waals surface area contributed by atoms with Gasteiger partial charge in [0, 0.05) is 13.5 Å². The summed E-state index contributed by atoms with van der Waals surface area (Å²) in [5.41, 5.74) is 5.99. The van der Waals surface area contributed by atoms with E-state index in [-0.39, 0.29) is 0 Å². The zero-order chi connectivity index (χ0) is 11.6. The highest BCUT2D eigenvalue weighted by atomic mass is 15.4. The standard InChI is InChI=1S/C11H22N4/c1-8(7-11(2,3)4)6-9-13-10(12)15(5)14-9/h8H,6-7H2,1-5H3,(H2,12,13,14). The van der Waals surface area contributed by atoms with Crippen molar-refractivity contribution in [1.82, 2.24) is 14.8 Å². The lowest BCUT2D eigenvalue weighted by Crippen LogP contribution is -2.13. The molecule has 1 aromatic rings. The highest BCUT2D eigenvalue weighted by Crippen LogP contribution is 2.25. The minimum atomic E-state index is 0.361. The summed E-state index contributed by atoms with van der Waals surface area (Å²) < 4.78 is 1.62. The van der Waals surface area contributed by atoms with Gasteiger partial charge in [0.2, 0.25) is 5.95 Å². The highest BCUT2D eigenvalue weighted by Gasteiger charge is 2.17. The number of anilines is 1. The van der Waals surface area contributed by atoms with Gasteiger partial charge in [-0.15, -0.1) is 0 Å². The maximum atomic E-state index is 5.63. The zero-order valence-corrected chi connectivity index (χ0v) is 10.4. The van der Waals surface area contributed by atoms with Gasteiger partial charge in [-0.1, -0.05) is 27.7 Å². The second-order valence-electron chi connectivity index (χ2n) is 5.58. The van der Waals surface area contributed by atoms with Gasteiger partial charge in [0.05, 0.1) is 0 Å². The van der Waals surface area contributed by atoms with E-state index >= 15 is 0 Å². The van der Waals surface area contributed by atoms with E-state index < -0.39 is 0 Å². The molecule has 0 aliphatic carbocycles. The lowest BCUT2D eigenvalue weighted by Gasteiger charge is -2.22. The van der Waals surface area contributed by atoms with Crippen LogP contribution in [0, 0.1) is 11.3 Å². The third-order valence-electron chi connectivity index (χ3n) is 2.33. The van der Waals surface area contributed by atoms with Crippen molar-refractivity contribution in [3.8, 4) is 0 Å². The average Bonchev–Trinajstić information content (AvgIpc) is 2.26. The van der Waals surface area contributed by atoms with Gasteiger partial charge >= 0.3 is 0 Å². The first-order valence-electron chi connectivity index (χ1n) is 5.43. The molecule has 0 aliphatic rings. The summed E-state index contributed by atoms with van der Waals surface area (Å²) in [4.78, 5) is 4.21. The Morgan fingerprint density at radius 2 is 2.00 bits per heavy atom. The third kappa shape index (κ3) is 3.90. The Balaban J connectivity index is 2.55. The Morgan fingerprint density at radius 3 is 2.40 bits per heavy atom. The SMILES string of the molecule is CC(Cc1nc(N)n(C)n1)CC(C)(C)C. The van der Waals surface area contributed by atoms with Crippen molar-refractivity contribution in [1.29, 1.82) is 0 Å². The molecule has 4 heteroatoms. The summed E-state index contributed by atoms with van der Waals surface area (Å²) in [5, 5.41) is 4.26. The van der Waals surface area contributed by atoms with Crippen molar-refractivity contribution < 1.29 is 0 Å². The molecule has 0 radical (unpaired) electrons. The molecule has 1 heterocycles.